The minimum Gasteiger partial charge on any atom is -0.409 e. The van der Waals surface area contributed by atoms with Crippen molar-refractivity contribution in [2.45, 2.75) is 59.4 Å². The van der Waals surface area contributed by atoms with Crippen LogP contribution in [0.25, 0.3) is 0 Å². The summed E-state index contributed by atoms with van der Waals surface area (Å²) in [5.74, 6) is 0.316. The van der Waals surface area contributed by atoms with Gasteiger partial charge in [0, 0.05) is 11.0 Å². The van der Waals surface area contributed by atoms with E-state index < -0.39 is 0 Å². The summed E-state index contributed by atoms with van der Waals surface area (Å²) >= 11 is 0. The summed E-state index contributed by atoms with van der Waals surface area (Å²) < 4.78 is 0. The first-order valence-corrected chi connectivity index (χ1v) is 5.92. The molecule has 0 saturated carbocycles. The predicted octanol–water partition coefficient (Wildman–Crippen LogP) is 2.32. The fourth-order valence-corrected chi connectivity index (χ4v) is 1.42. The van der Waals surface area contributed by atoms with Crippen LogP contribution in [0.1, 0.15) is 53.9 Å². The van der Waals surface area contributed by atoms with Crippen molar-refractivity contribution in [1.82, 2.24) is 5.32 Å². The van der Waals surface area contributed by atoms with Gasteiger partial charge in [0.1, 0.15) is 5.84 Å². The molecular weight excluding hydrogens is 202 g/mol. The van der Waals surface area contributed by atoms with E-state index in [-0.39, 0.29) is 11.0 Å². The summed E-state index contributed by atoms with van der Waals surface area (Å²) in [6.45, 7) is 11.5. The molecule has 4 N–H and O–H groups in total. The van der Waals surface area contributed by atoms with Gasteiger partial charge < -0.3 is 16.3 Å². The number of amidine groups is 1. The molecule has 0 spiro atoms. The molecular formula is C12H27N3O. The molecule has 0 radical (unpaired) electrons. The SMILES string of the molecule is CC(C)(C)NCCCCC(C)(C)C(N)=NO. The lowest BCUT2D eigenvalue weighted by Gasteiger charge is -2.24. The number of nitrogens with two attached hydrogens (primary N) is 1. The quantitative estimate of drug-likeness (QED) is 0.215. The lowest BCUT2D eigenvalue weighted by atomic mass is 9.86. The number of nitrogens with zero attached hydrogens (tertiary/aromatic N) is 1. The fraction of sp³-hybridized carbons (Fsp3) is 0.917. The van der Waals surface area contributed by atoms with E-state index in [9.17, 15) is 0 Å². The molecule has 0 aromatic rings. The van der Waals surface area contributed by atoms with Gasteiger partial charge in [0.25, 0.3) is 0 Å². The molecule has 0 unspecified atom stereocenters. The summed E-state index contributed by atoms with van der Waals surface area (Å²) in [5.41, 5.74) is 5.59. The van der Waals surface area contributed by atoms with Crippen LogP contribution in [0, 0.1) is 5.41 Å². The zero-order valence-electron chi connectivity index (χ0n) is 11.3. The minimum absolute atomic E-state index is 0.182. The van der Waals surface area contributed by atoms with Crippen LogP contribution in [0.5, 0.6) is 0 Å². The highest BCUT2D eigenvalue weighted by Gasteiger charge is 2.22. The smallest absolute Gasteiger partial charge is 0.144 e. The zero-order valence-corrected chi connectivity index (χ0v) is 11.3. The van der Waals surface area contributed by atoms with Crippen molar-refractivity contribution in [3.8, 4) is 0 Å². The Morgan fingerprint density at radius 2 is 1.75 bits per heavy atom. The van der Waals surface area contributed by atoms with Gasteiger partial charge in [0.2, 0.25) is 0 Å². The first-order valence-electron chi connectivity index (χ1n) is 5.92. The first kappa shape index (κ1) is 15.2. The molecule has 0 rings (SSSR count). The van der Waals surface area contributed by atoms with Crippen molar-refractivity contribution in [3.63, 3.8) is 0 Å². The Bertz CT molecular complexity index is 229. The van der Waals surface area contributed by atoms with Gasteiger partial charge in [-0.05, 0) is 40.2 Å². The maximum atomic E-state index is 8.63. The molecule has 0 bridgehead atoms. The summed E-state index contributed by atoms with van der Waals surface area (Å²) in [4.78, 5) is 0. The molecule has 0 atom stereocenters. The standard InChI is InChI=1S/C12H27N3O/c1-11(2,3)14-9-7-6-8-12(4,5)10(13)15-16/h14,16H,6-9H2,1-5H3,(H2,13,15). The van der Waals surface area contributed by atoms with Crippen molar-refractivity contribution >= 4 is 5.84 Å². The van der Waals surface area contributed by atoms with Gasteiger partial charge in [0.05, 0.1) is 0 Å². The fourth-order valence-electron chi connectivity index (χ4n) is 1.42. The van der Waals surface area contributed by atoms with Gasteiger partial charge in [0.15, 0.2) is 0 Å². The summed E-state index contributed by atoms with van der Waals surface area (Å²) in [6, 6.07) is 0. The highest BCUT2D eigenvalue weighted by Crippen LogP contribution is 2.23. The Kier molecular flexibility index (Phi) is 5.79. The minimum atomic E-state index is -0.212. The van der Waals surface area contributed by atoms with Crippen LogP contribution in [-0.2, 0) is 0 Å². The molecule has 0 aliphatic heterocycles. The summed E-state index contributed by atoms with van der Waals surface area (Å²) in [6.07, 6.45) is 3.13. The lowest BCUT2D eigenvalue weighted by molar-refractivity contribution is 0.304. The second kappa shape index (κ2) is 6.09. The number of nitrogens with one attached hydrogen (secondary N) is 1. The zero-order chi connectivity index (χ0) is 12.8. The average Bonchev–Trinajstić information content (AvgIpc) is 2.14. The molecule has 0 aromatic carbocycles. The van der Waals surface area contributed by atoms with Gasteiger partial charge in [-0.1, -0.05) is 25.4 Å². The van der Waals surface area contributed by atoms with E-state index >= 15 is 0 Å². The van der Waals surface area contributed by atoms with Crippen LogP contribution in [-0.4, -0.2) is 23.1 Å². The van der Waals surface area contributed by atoms with Crippen molar-refractivity contribution in [1.29, 1.82) is 0 Å². The highest BCUT2D eigenvalue weighted by molar-refractivity contribution is 5.85. The van der Waals surface area contributed by atoms with Crippen molar-refractivity contribution < 1.29 is 5.21 Å². The maximum Gasteiger partial charge on any atom is 0.144 e. The number of unbranched alkanes of at least 4 members (excludes halogenated alkanes) is 1. The van der Waals surface area contributed by atoms with Crippen molar-refractivity contribution in [2.24, 2.45) is 16.3 Å². The first-order chi connectivity index (χ1) is 7.19. The van der Waals surface area contributed by atoms with Crippen LogP contribution >= 0.6 is 0 Å². The summed E-state index contributed by atoms with van der Waals surface area (Å²) in [5, 5.41) is 15.1. The van der Waals surface area contributed by atoms with E-state index in [4.69, 9.17) is 10.9 Å². The predicted molar refractivity (Wildman–Crippen MR) is 68.8 cm³/mol. The Morgan fingerprint density at radius 3 is 2.19 bits per heavy atom. The normalized spacial score (nSPS) is 14.2. The highest BCUT2D eigenvalue weighted by atomic mass is 16.4. The largest absolute Gasteiger partial charge is 0.409 e. The molecule has 0 fully saturated rings. The van der Waals surface area contributed by atoms with E-state index in [2.05, 4.69) is 31.2 Å². The van der Waals surface area contributed by atoms with Crippen LogP contribution in [0.15, 0.2) is 5.16 Å². The third kappa shape index (κ3) is 6.67. The molecule has 4 heteroatoms. The van der Waals surface area contributed by atoms with Crippen LogP contribution in [0.4, 0.5) is 0 Å². The van der Waals surface area contributed by atoms with Crippen molar-refractivity contribution in [3.05, 3.63) is 0 Å². The Hall–Kier alpha value is -0.770. The maximum absolute atomic E-state index is 8.63. The molecule has 0 aliphatic carbocycles. The molecule has 0 aliphatic rings. The molecule has 96 valence electrons. The van der Waals surface area contributed by atoms with E-state index in [1.54, 1.807) is 0 Å². The van der Waals surface area contributed by atoms with E-state index in [0.717, 1.165) is 25.8 Å². The average molecular weight is 229 g/mol. The van der Waals surface area contributed by atoms with Crippen LogP contribution in [0.3, 0.4) is 0 Å². The number of rotatable bonds is 6. The van der Waals surface area contributed by atoms with Gasteiger partial charge in [-0.3, -0.25) is 0 Å². The van der Waals surface area contributed by atoms with E-state index in [1.165, 1.54) is 0 Å². The van der Waals surface area contributed by atoms with Gasteiger partial charge in [-0.2, -0.15) is 0 Å². The number of hydrogen-bond acceptors (Lipinski definition) is 3. The number of hydrogen-bond donors (Lipinski definition) is 3. The number of oxime groups is 1. The Morgan fingerprint density at radius 1 is 1.19 bits per heavy atom. The topological polar surface area (TPSA) is 70.6 Å². The van der Waals surface area contributed by atoms with E-state index in [0.29, 0.717) is 5.84 Å². The third-order valence-corrected chi connectivity index (χ3v) is 2.69. The van der Waals surface area contributed by atoms with Gasteiger partial charge >= 0.3 is 0 Å². The van der Waals surface area contributed by atoms with Gasteiger partial charge in [-0.25, -0.2) is 0 Å². The van der Waals surface area contributed by atoms with Crippen molar-refractivity contribution in [2.75, 3.05) is 6.54 Å². The van der Waals surface area contributed by atoms with Crippen LogP contribution < -0.4 is 11.1 Å². The molecule has 0 aromatic heterocycles. The summed E-state index contributed by atoms with van der Waals surface area (Å²) in [7, 11) is 0. The second-order valence-electron chi connectivity index (χ2n) is 6.00. The second-order valence-corrected chi connectivity index (χ2v) is 6.00. The van der Waals surface area contributed by atoms with E-state index in [1.807, 2.05) is 13.8 Å². The molecule has 0 amide bonds. The molecule has 16 heavy (non-hydrogen) atoms. The van der Waals surface area contributed by atoms with Crippen LogP contribution in [0.2, 0.25) is 0 Å². The molecule has 4 nitrogen and oxygen atoms in total. The Labute approximate surface area is 99.3 Å². The molecule has 0 saturated heterocycles. The lowest BCUT2D eigenvalue weighted by Crippen LogP contribution is -2.36. The molecule has 0 heterocycles. The monoisotopic (exact) mass is 229 g/mol. The third-order valence-electron chi connectivity index (χ3n) is 2.69. The Balaban J connectivity index is 3.75. The van der Waals surface area contributed by atoms with Gasteiger partial charge in [-0.15, -0.1) is 0 Å².